The summed E-state index contributed by atoms with van der Waals surface area (Å²) in [5.41, 5.74) is 3.25. The molecule has 2 fully saturated rings. The highest BCUT2D eigenvalue weighted by molar-refractivity contribution is 6.09. The number of nitrogens with one attached hydrogen (secondary N) is 1. The van der Waals surface area contributed by atoms with Crippen LogP contribution >= 0.6 is 0 Å². The third-order valence-electron chi connectivity index (χ3n) is 5.89. The van der Waals surface area contributed by atoms with Crippen LogP contribution in [0.15, 0.2) is 42.5 Å². The quantitative estimate of drug-likeness (QED) is 0.836. The maximum atomic E-state index is 13.0. The first-order valence-electron chi connectivity index (χ1n) is 10.7. The van der Waals surface area contributed by atoms with Crippen molar-refractivity contribution in [3.8, 4) is 0 Å². The number of anilines is 2. The molecule has 2 aromatic carbocycles. The third kappa shape index (κ3) is 4.08. The summed E-state index contributed by atoms with van der Waals surface area (Å²) in [5.74, 6) is -0.171. The average Bonchev–Trinajstić information content (AvgIpc) is 3.29. The van der Waals surface area contributed by atoms with Crippen LogP contribution in [0.5, 0.6) is 0 Å². The normalized spacial score (nSPS) is 16.6. The van der Waals surface area contributed by atoms with Gasteiger partial charge in [-0.3, -0.25) is 14.4 Å². The Kier molecular flexibility index (Phi) is 5.84. The molecule has 6 heteroatoms. The lowest BCUT2D eigenvalue weighted by Gasteiger charge is -2.26. The zero-order chi connectivity index (χ0) is 21.1. The lowest BCUT2D eigenvalue weighted by atomic mass is 10.0. The highest BCUT2D eigenvalue weighted by Crippen LogP contribution is 2.25. The van der Waals surface area contributed by atoms with E-state index < -0.39 is 0 Å². The predicted octanol–water partition coefficient (Wildman–Crippen LogP) is 4.00. The Balaban J connectivity index is 1.52. The molecule has 30 heavy (non-hydrogen) atoms. The van der Waals surface area contributed by atoms with E-state index >= 15 is 0 Å². The molecule has 2 heterocycles. The highest BCUT2D eigenvalue weighted by Gasteiger charge is 2.24. The van der Waals surface area contributed by atoms with Crippen LogP contribution in [0.4, 0.5) is 11.4 Å². The standard InChI is InChI=1S/C24H27N3O3/c1-17-7-6-8-20(22(17)24(30)26-14-4-5-15-26)25-23(29)18-10-12-19(13-11-18)27-16-3-2-9-21(27)28/h6-8,10-13H,2-5,9,14-16H2,1H3,(H,25,29). The van der Waals surface area contributed by atoms with Crippen LogP contribution in [0.25, 0.3) is 0 Å². The van der Waals surface area contributed by atoms with Crippen LogP contribution in [0.2, 0.25) is 0 Å². The molecular weight excluding hydrogens is 378 g/mol. The maximum absolute atomic E-state index is 13.0. The summed E-state index contributed by atoms with van der Waals surface area (Å²) < 4.78 is 0. The molecule has 0 saturated carbocycles. The maximum Gasteiger partial charge on any atom is 0.256 e. The first kappa shape index (κ1) is 20.1. The molecule has 6 nitrogen and oxygen atoms in total. The fourth-order valence-electron chi connectivity index (χ4n) is 4.20. The van der Waals surface area contributed by atoms with Crippen molar-refractivity contribution >= 4 is 29.1 Å². The van der Waals surface area contributed by atoms with Crippen molar-refractivity contribution in [1.82, 2.24) is 4.90 Å². The van der Waals surface area contributed by atoms with Gasteiger partial charge in [0.15, 0.2) is 0 Å². The molecule has 1 N–H and O–H groups in total. The number of hydrogen-bond acceptors (Lipinski definition) is 3. The summed E-state index contributed by atoms with van der Waals surface area (Å²) >= 11 is 0. The Morgan fingerprint density at radius 1 is 0.900 bits per heavy atom. The van der Waals surface area contributed by atoms with Crippen LogP contribution in [0.3, 0.4) is 0 Å². The number of hydrogen-bond donors (Lipinski definition) is 1. The number of likely N-dealkylation sites (tertiary alicyclic amines) is 1. The van der Waals surface area contributed by atoms with Crippen molar-refractivity contribution in [1.29, 1.82) is 0 Å². The lowest BCUT2D eigenvalue weighted by Crippen LogP contribution is -2.35. The highest BCUT2D eigenvalue weighted by atomic mass is 16.2. The van der Waals surface area contributed by atoms with Crippen molar-refractivity contribution in [3.63, 3.8) is 0 Å². The zero-order valence-corrected chi connectivity index (χ0v) is 17.3. The van der Waals surface area contributed by atoms with Crippen LogP contribution in [-0.2, 0) is 4.79 Å². The van der Waals surface area contributed by atoms with Gasteiger partial charge in [0.2, 0.25) is 5.91 Å². The number of nitrogens with zero attached hydrogens (tertiary/aromatic N) is 2. The minimum absolute atomic E-state index is 0.0279. The van der Waals surface area contributed by atoms with Crippen LogP contribution in [0, 0.1) is 6.92 Å². The van der Waals surface area contributed by atoms with E-state index in [0.717, 1.165) is 56.6 Å². The molecule has 0 atom stereocenters. The Labute approximate surface area is 176 Å². The van der Waals surface area contributed by atoms with Gasteiger partial charge in [-0.15, -0.1) is 0 Å². The predicted molar refractivity (Wildman–Crippen MR) is 117 cm³/mol. The van der Waals surface area contributed by atoms with Gasteiger partial charge in [-0.2, -0.15) is 0 Å². The lowest BCUT2D eigenvalue weighted by molar-refractivity contribution is -0.119. The van der Waals surface area contributed by atoms with Gasteiger partial charge < -0.3 is 15.1 Å². The van der Waals surface area contributed by atoms with Crippen LogP contribution < -0.4 is 10.2 Å². The van der Waals surface area contributed by atoms with Gasteiger partial charge >= 0.3 is 0 Å². The molecule has 0 aromatic heterocycles. The van der Waals surface area contributed by atoms with Crippen molar-refractivity contribution in [2.75, 3.05) is 29.9 Å². The van der Waals surface area contributed by atoms with Crippen LogP contribution in [0.1, 0.15) is 58.4 Å². The molecular formula is C24H27N3O3. The van der Waals surface area contributed by atoms with E-state index in [4.69, 9.17) is 0 Å². The molecule has 4 rings (SSSR count). The van der Waals surface area contributed by atoms with Crippen molar-refractivity contribution in [2.45, 2.75) is 39.0 Å². The van der Waals surface area contributed by atoms with Gasteiger partial charge in [0.05, 0.1) is 11.3 Å². The number of carbonyl (C=O) groups is 3. The van der Waals surface area contributed by atoms with E-state index in [1.54, 1.807) is 23.1 Å². The Morgan fingerprint density at radius 3 is 2.30 bits per heavy atom. The van der Waals surface area contributed by atoms with Gasteiger partial charge in [0, 0.05) is 37.3 Å². The van der Waals surface area contributed by atoms with E-state index in [1.807, 2.05) is 36.1 Å². The van der Waals surface area contributed by atoms with Gasteiger partial charge in [0.1, 0.15) is 0 Å². The number of amides is 3. The zero-order valence-electron chi connectivity index (χ0n) is 17.3. The summed E-state index contributed by atoms with van der Waals surface area (Å²) in [6.07, 6.45) is 4.54. The molecule has 2 aliphatic heterocycles. The second kappa shape index (κ2) is 8.69. The number of carbonyl (C=O) groups excluding carboxylic acids is 3. The van der Waals surface area contributed by atoms with E-state index in [2.05, 4.69) is 5.32 Å². The molecule has 0 bridgehead atoms. The molecule has 156 valence electrons. The molecule has 2 saturated heterocycles. The van der Waals surface area contributed by atoms with Gasteiger partial charge in [-0.1, -0.05) is 12.1 Å². The largest absolute Gasteiger partial charge is 0.339 e. The molecule has 3 amide bonds. The monoisotopic (exact) mass is 405 g/mol. The second-order valence-electron chi connectivity index (χ2n) is 8.00. The summed E-state index contributed by atoms with van der Waals surface area (Å²) in [4.78, 5) is 41.6. The summed E-state index contributed by atoms with van der Waals surface area (Å²) in [5, 5.41) is 2.91. The fourth-order valence-corrected chi connectivity index (χ4v) is 4.20. The Morgan fingerprint density at radius 2 is 1.60 bits per heavy atom. The number of piperidine rings is 1. The molecule has 0 unspecified atom stereocenters. The molecule has 2 aromatic rings. The van der Waals surface area contributed by atoms with E-state index in [9.17, 15) is 14.4 Å². The number of benzene rings is 2. The summed E-state index contributed by atoms with van der Waals surface area (Å²) in [7, 11) is 0. The van der Waals surface area contributed by atoms with E-state index in [1.165, 1.54) is 0 Å². The first-order chi connectivity index (χ1) is 14.5. The fraction of sp³-hybridized carbons (Fsp3) is 0.375. The Bertz CT molecular complexity index is 962. The van der Waals surface area contributed by atoms with E-state index in [0.29, 0.717) is 23.2 Å². The van der Waals surface area contributed by atoms with Crippen LogP contribution in [-0.4, -0.2) is 42.3 Å². The molecule has 2 aliphatic rings. The Hall–Kier alpha value is -3.15. The van der Waals surface area contributed by atoms with Gasteiger partial charge in [-0.05, 0) is 68.5 Å². The topological polar surface area (TPSA) is 69.7 Å². The van der Waals surface area contributed by atoms with Crippen molar-refractivity contribution < 1.29 is 14.4 Å². The van der Waals surface area contributed by atoms with Crippen molar-refractivity contribution in [2.24, 2.45) is 0 Å². The smallest absolute Gasteiger partial charge is 0.256 e. The number of aryl methyl sites for hydroxylation is 1. The van der Waals surface area contributed by atoms with E-state index in [-0.39, 0.29) is 17.7 Å². The summed E-state index contributed by atoms with van der Waals surface area (Å²) in [6, 6.07) is 12.6. The molecule has 0 spiro atoms. The molecule has 0 aliphatic carbocycles. The third-order valence-corrected chi connectivity index (χ3v) is 5.89. The van der Waals surface area contributed by atoms with Gasteiger partial charge in [-0.25, -0.2) is 0 Å². The summed E-state index contributed by atoms with van der Waals surface area (Å²) in [6.45, 7) is 4.13. The second-order valence-corrected chi connectivity index (χ2v) is 8.00. The first-order valence-corrected chi connectivity index (χ1v) is 10.7. The molecule has 0 radical (unpaired) electrons. The SMILES string of the molecule is Cc1cccc(NC(=O)c2ccc(N3CCCCC3=O)cc2)c1C(=O)N1CCCC1. The van der Waals surface area contributed by atoms with Gasteiger partial charge in [0.25, 0.3) is 11.8 Å². The van der Waals surface area contributed by atoms with Crippen molar-refractivity contribution in [3.05, 3.63) is 59.2 Å². The number of rotatable bonds is 4. The minimum atomic E-state index is -0.271. The minimum Gasteiger partial charge on any atom is -0.339 e. The average molecular weight is 405 g/mol.